The van der Waals surface area contributed by atoms with Gasteiger partial charge >= 0.3 is 0 Å². The molecule has 0 radical (unpaired) electrons. The molecule has 1 aromatic rings. The molecule has 4 heteroatoms. The third kappa shape index (κ3) is 5.45. The van der Waals surface area contributed by atoms with E-state index in [4.69, 9.17) is 23.2 Å². The highest BCUT2D eigenvalue weighted by Crippen LogP contribution is 2.26. The maximum absolute atomic E-state index is 6.26. The fourth-order valence-electron chi connectivity index (χ4n) is 2.98. The second-order valence-electron chi connectivity index (χ2n) is 6.26. The van der Waals surface area contributed by atoms with Gasteiger partial charge in [-0.3, -0.25) is 0 Å². The summed E-state index contributed by atoms with van der Waals surface area (Å²) in [5.41, 5.74) is 1.08. The van der Waals surface area contributed by atoms with E-state index in [2.05, 4.69) is 24.1 Å². The van der Waals surface area contributed by atoms with Crippen molar-refractivity contribution in [3.63, 3.8) is 0 Å². The van der Waals surface area contributed by atoms with Crippen molar-refractivity contribution in [2.45, 2.75) is 39.2 Å². The second kappa shape index (κ2) is 8.38. The van der Waals surface area contributed by atoms with Crippen LogP contribution in [0, 0.1) is 5.92 Å². The number of hydrogen-bond acceptors (Lipinski definition) is 2. The first-order valence-corrected chi connectivity index (χ1v) is 8.72. The molecular formula is C17H26Cl2N2. The summed E-state index contributed by atoms with van der Waals surface area (Å²) < 4.78 is 0. The fourth-order valence-corrected chi connectivity index (χ4v) is 3.44. The van der Waals surface area contributed by atoms with Crippen LogP contribution >= 0.6 is 23.2 Å². The first-order chi connectivity index (χ1) is 10.1. The Hall–Kier alpha value is -0.280. The lowest BCUT2D eigenvalue weighted by Gasteiger charge is -2.29. The average Bonchev–Trinajstić information content (AvgIpc) is 2.48. The van der Waals surface area contributed by atoms with Gasteiger partial charge in [-0.05, 0) is 69.1 Å². The Balaban J connectivity index is 1.79. The summed E-state index contributed by atoms with van der Waals surface area (Å²) >= 11 is 12.3. The van der Waals surface area contributed by atoms with Crippen LogP contribution in [0.5, 0.6) is 0 Å². The monoisotopic (exact) mass is 328 g/mol. The number of halogens is 2. The maximum Gasteiger partial charge on any atom is 0.0454 e. The SMILES string of the molecule is CC(CNC(C)c1cc(Cl)ccc1Cl)CN1CCCCC1. The van der Waals surface area contributed by atoms with Crippen molar-refractivity contribution in [1.82, 2.24) is 10.2 Å². The van der Waals surface area contributed by atoms with E-state index in [9.17, 15) is 0 Å². The molecule has 1 N–H and O–H groups in total. The smallest absolute Gasteiger partial charge is 0.0454 e. The van der Waals surface area contributed by atoms with Crippen molar-refractivity contribution in [1.29, 1.82) is 0 Å². The van der Waals surface area contributed by atoms with E-state index in [1.165, 1.54) is 38.9 Å². The Morgan fingerprint density at radius 1 is 1.14 bits per heavy atom. The predicted octanol–water partition coefficient (Wildman–Crippen LogP) is 4.77. The Morgan fingerprint density at radius 2 is 1.86 bits per heavy atom. The molecule has 0 amide bonds. The zero-order chi connectivity index (χ0) is 15.2. The van der Waals surface area contributed by atoms with Gasteiger partial charge in [-0.2, -0.15) is 0 Å². The number of hydrogen-bond donors (Lipinski definition) is 1. The van der Waals surface area contributed by atoms with Gasteiger partial charge in [-0.15, -0.1) is 0 Å². The van der Waals surface area contributed by atoms with E-state index >= 15 is 0 Å². The molecule has 21 heavy (non-hydrogen) atoms. The van der Waals surface area contributed by atoms with Crippen molar-refractivity contribution in [2.24, 2.45) is 5.92 Å². The van der Waals surface area contributed by atoms with Gasteiger partial charge in [0.25, 0.3) is 0 Å². The molecule has 0 spiro atoms. The third-order valence-electron chi connectivity index (χ3n) is 4.22. The molecule has 0 bridgehead atoms. The zero-order valence-electron chi connectivity index (χ0n) is 13.0. The first-order valence-electron chi connectivity index (χ1n) is 7.97. The molecule has 0 aromatic heterocycles. The minimum atomic E-state index is 0.222. The number of likely N-dealkylation sites (tertiary alicyclic amines) is 1. The van der Waals surface area contributed by atoms with Crippen LogP contribution in [0.25, 0.3) is 0 Å². The number of nitrogens with zero attached hydrogens (tertiary/aromatic N) is 1. The van der Waals surface area contributed by atoms with E-state index < -0.39 is 0 Å². The summed E-state index contributed by atoms with van der Waals surface area (Å²) in [6.45, 7) is 9.17. The van der Waals surface area contributed by atoms with E-state index in [0.29, 0.717) is 5.92 Å². The van der Waals surface area contributed by atoms with Crippen LogP contribution in [-0.4, -0.2) is 31.1 Å². The molecule has 1 aliphatic rings. The molecule has 1 heterocycles. The van der Waals surface area contributed by atoms with Crippen LogP contribution in [-0.2, 0) is 0 Å². The van der Waals surface area contributed by atoms with Crippen LogP contribution in [0.1, 0.15) is 44.7 Å². The summed E-state index contributed by atoms with van der Waals surface area (Å²) in [5.74, 6) is 0.642. The van der Waals surface area contributed by atoms with Gasteiger partial charge in [-0.25, -0.2) is 0 Å². The molecule has 0 saturated carbocycles. The molecule has 1 saturated heterocycles. The minimum Gasteiger partial charge on any atom is -0.310 e. The molecule has 2 atom stereocenters. The molecule has 1 fully saturated rings. The average molecular weight is 329 g/mol. The van der Waals surface area contributed by atoms with Crippen LogP contribution < -0.4 is 5.32 Å². The number of nitrogens with one attached hydrogen (secondary N) is 1. The summed E-state index contributed by atoms with van der Waals surface area (Å²) in [4.78, 5) is 2.59. The predicted molar refractivity (Wildman–Crippen MR) is 92.3 cm³/mol. The third-order valence-corrected chi connectivity index (χ3v) is 4.79. The molecule has 1 aromatic carbocycles. The topological polar surface area (TPSA) is 15.3 Å². The largest absolute Gasteiger partial charge is 0.310 e. The molecule has 0 aliphatic carbocycles. The number of piperidine rings is 1. The van der Waals surface area contributed by atoms with Crippen molar-refractivity contribution in [3.8, 4) is 0 Å². The van der Waals surface area contributed by atoms with E-state index in [0.717, 1.165) is 22.2 Å². The summed E-state index contributed by atoms with van der Waals surface area (Å²) in [6.07, 6.45) is 4.11. The maximum atomic E-state index is 6.26. The summed E-state index contributed by atoms with van der Waals surface area (Å²) in [6, 6.07) is 5.88. The van der Waals surface area contributed by atoms with Gasteiger partial charge in [0.2, 0.25) is 0 Å². The van der Waals surface area contributed by atoms with Gasteiger partial charge in [0.15, 0.2) is 0 Å². The highest BCUT2D eigenvalue weighted by Gasteiger charge is 2.15. The van der Waals surface area contributed by atoms with Crippen LogP contribution in [0.4, 0.5) is 0 Å². The zero-order valence-corrected chi connectivity index (χ0v) is 14.6. The second-order valence-corrected chi connectivity index (χ2v) is 7.11. The van der Waals surface area contributed by atoms with Crippen molar-refractivity contribution in [3.05, 3.63) is 33.8 Å². The van der Waals surface area contributed by atoms with Crippen LogP contribution in [0.15, 0.2) is 18.2 Å². The van der Waals surface area contributed by atoms with E-state index in [-0.39, 0.29) is 6.04 Å². The highest BCUT2D eigenvalue weighted by atomic mass is 35.5. The van der Waals surface area contributed by atoms with Crippen molar-refractivity contribution < 1.29 is 0 Å². The Bertz CT molecular complexity index is 444. The molecule has 2 nitrogen and oxygen atoms in total. The Kier molecular flexibility index (Phi) is 6.81. The molecule has 2 rings (SSSR count). The fraction of sp³-hybridized carbons (Fsp3) is 0.647. The van der Waals surface area contributed by atoms with Crippen LogP contribution in [0.3, 0.4) is 0 Å². The van der Waals surface area contributed by atoms with Crippen LogP contribution in [0.2, 0.25) is 10.0 Å². The Labute approximate surface area is 138 Å². The van der Waals surface area contributed by atoms with Gasteiger partial charge in [0.1, 0.15) is 0 Å². The van der Waals surface area contributed by atoms with E-state index in [1.54, 1.807) is 0 Å². The number of benzene rings is 1. The molecule has 2 unspecified atom stereocenters. The van der Waals surface area contributed by atoms with Crippen molar-refractivity contribution >= 4 is 23.2 Å². The summed E-state index contributed by atoms with van der Waals surface area (Å²) in [5, 5.41) is 5.11. The number of rotatable bonds is 6. The van der Waals surface area contributed by atoms with Gasteiger partial charge in [0.05, 0.1) is 0 Å². The molecular weight excluding hydrogens is 303 g/mol. The quantitative estimate of drug-likeness (QED) is 0.809. The van der Waals surface area contributed by atoms with Gasteiger partial charge in [-0.1, -0.05) is 36.5 Å². The minimum absolute atomic E-state index is 0.222. The molecule has 118 valence electrons. The first kappa shape index (κ1) is 17.1. The lowest BCUT2D eigenvalue weighted by molar-refractivity contribution is 0.197. The Morgan fingerprint density at radius 3 is 2.57 bits per heavy atom. The summed E-state index contributed by atoms with van der Waals surface area (Å²) in [7, 11) is 0. The normalized spacial score (nSPS) is 19.4. The lowest BCUT2D eigenvalue weighted by atomic mass is 10.1. The van der Waals surface area contributed by atoms with Crippen molar-refractivity contribution in [2.75, 3.05) is 26.2 Å². The van der Waals surface area contributed by atoms with E-state index in [1.807, 2.05) is 18.2 Å². The molecule has 1 aliphatic heterocycles. The van der Waals surface area contributed by atoms with Gasteiger partial charge in [0, 0.05) is 22.6 Å². The standard InChI is InChI=1S/C17H26Cl2N2/c1-13(12-21-8-4-3-5-9-21)11-20-14(2)16-10-15(18)6-7-17(16)19/h6-7,10,13-14,20H,3-5,8-9,11-12H2,1-2H3. The lowest BCUT2D eigenvalue weighted by Crippen LogP contribution is -2.37. The highest BCUT2D eigenvalue weighted by molar-refractivity contribution is 6.33. The van der Waals surface area contributed by atoms with Gasteiger partial charge < -0.3 is 10.2 Å².